The molecule has 2 amide bonds. The number of furan rings is 1. The molecule has 0 saturated carbocycles. The highest BCUT2D eigenvalue weighted by Crippen LogP contribution is 2.16. The van der Waals surface area contributed by atoms with Crippen LogP contribution in [0.5, 0.6) is 5.75 Å². The summed E-state index contributed by atoms with van der Waals surface area (Å²) in [6, 6.07) is 10.1. The minimum absolute atomic E-state index is 0.137. The number of rotatable bonds is 9. The van der Waals surface area contributed by atoms with Crippen molar-refractivity contribution in [3.63, 3.8) is 0 Å². The fourth-order valence-corrected chi connectivity index (χ4v) is 3.46. The number of nitrogens with one attached hydrogen (secondary N) is 2. The van der Waals surface area contributed by atoms with Crippen molar-refractivity contribution in [3.05, 3.63) is 69.6 Å². The highest BCUT2D eigenvalue weighted by atomic mass is 32.1. The Morgan fingerprint density at radius 1 is 1.13 bits per heavy atom. The minimum atomic E-state index is -0.523. The van der Waals surface area contributed by atoms with Crippen molar-refractivity contribution < 1.29 is 18.7 Å². The molecule has 3 aromatic rings. The molecule has 0 unspecified atom stereocenters. The molecule has 1 aromatic carbocycles. The van der Waals surface area contributed by atoms with Gasteiger partial charge in [-0.1, -0.05) is 19.9 Å². The number of aromatic nitrogens is 1. The van der Waals surface area contributed by atoms with Crippen molar-refractivity contribution in [2.75, 3.05) is 13.1 Å². The van der Waals surface area contributed by atoms with E-state index >= 15 is 0 Å². The van der Waals surface area contributed by atoms with Crippen LogP contribution in [0.1, 0.15) is 51.2 Å². The average molecular weight is 443 g/mol. The van der Waals surface area contributed by atoms with Crippen molar-refractivity contribution in [1.82, 2.24) is 20.7 Å². The fraction of sp³-hybridized carbons (Fsp3) is 0.318. The molecule has 0 bridgehead atoms. The van der Waals surface area contributed by atoms with Gasteiger partial charge in [-0.15, -0.1) is 11.3 Å². The van der Waals surface area contributed by atoms with Gasteiger partial charge in [-0.25, -0.2) is 4.98 Å². The third-order valence-corrected chi connectivity index (χ3v) is 5.42. The Kier molecular flexibility index (Phi) is 7.80. The van der Waals surface area contributed by atoms with Gasteiger partial charge in [0, 0.05) is 10.9 Å². The Morgan fingerprint density at radius 2 is 1.90 bits per heavy atom. The number of thiazole rings is 1. The number of aryl methyl sites for hydroxylation is 1. The number of carbonyl (C=O) groups is 2. The monoisotopic (exact) mass is 442 g/mol. The van der Waals surface area contributed by atoms with Crippen LogP contribution >= 0.6 is 11.3 Å². The molecule has 2 N–H and O–H groups in total. The van der Waals surface area contributed by atoms with E-state index in [1.807, 2.05) is 12.3 Å². The quantitative estimate of drug-likeness (QED) is 0.492. The van der Waals surface area contributed by atoms with E-state index in [1.54, 1.807) is 47.7 Å². The number of hydrogen-bond acceptors (Lipinski definition) is 7. The number of hydrazine groups is 1. The zero-order valence-electron chi connectivity index (χ0n) is 17.8. The predicted molar refractivity (Wildman–Crippen MR) is 118 cm³/mol. The molecule has 0 aliphatic heterocycles. The number of nitrogens with zero attached hydrogens (tertiary/aromatic N) is 2. The summed E-state index contributed by atoms with van der Waals surface area (Å²) in [5, 5.41) is 2.91. The second-order valence-electron chi connectivity index (χ2n) is 6.81. The van der Waals surface area contributed by atoms with Crippen LogP contribution in [0, 0.1) is 6.92 Å². The van der Waals surface area contributed by atoms with E-state index in [9.17, 15) is 9.59 Å². The van der Waals surface area contributed by atoms with Crippen LogP contribution in [0.2, 0.25) is 0 Å². The number of hydrogen-bond donors (Lipinski definition) is 2. The lowest BCUT2D eigenvalue weighted by molar-refractivity contribution is 0.0828. The van der Waals surface area contributed by atoms with E-state index in [1.165, 1.54) is 0 Å². The first-order valence-corrected chi connectivity index (χ1v) is 10.9. The summed E-state index contributed by atoms with van der Waals surface area (Å²) in [5.74, 6) is 0.388. The van der Waals surface area contributed by atoms with Crippen molar-refractivity contribution in [3.8, 4) is 5.75 Å². The van der Waals surface area contributed by atoms with E-state index in [0.29, 0.717) is 30.2 Å². The molecule has 0 fully saturated rings. The maximum Gasteiger partial charge on any atom is 0.305 e. The molecule has 3 rings (SSSR count). The lowest BCUT2D eigenvalue weighted by Gasteiger charge is -2.15. The Labute approximate surface area is 185 Å². The first-order chi connectivity index (χ1) is 15.0. The van der Waals surface area contributed by atoms with E-state index in [0.717, 1.165) is 23.8 Å². The standard InChI is InChI=1S/C22H26N4O4S/c1-4-26(5-2)12-19-9-10-20(30-19)22(28)25-24-21(27)16-7-6-8-18(11-16)29-13-17-14-31-15(3)23-17/h6-11,14H,4-5,12-13H2,1-3H3,(H,24,27)(H,25,28). The molecule has 31 heavy (non-hydrogen) atoms. The van der Waals surface area contributed by atoms with Crippen molar-refractivity contribution in [1.29, 1.82) is 0 Å². The number of amides is 2. The van der Waals surface area contributed by atoms with Crippen LogP contribution in [-0.2, 0) is 13.2 Å². The Hall–Kier alpha value is -3.17. The molecule has 2 heterocycles. The maximum absolute atomic E-state index is 12.4. The molecule has 9 heteroatoms. The molecule has 0 aliphatic rings. The average Bonchev–Trinajstić information content (AvgIpc) is 3.43. The summed E-state index contributed by atoms with van der Waals surface area (Å²) < 4.78 is 11.3. The molecule has 164 valence electrons. The van der Waals surface area contributed by atoms with E-state index < -0.39 is 11.8 Å². The highest BCUT2D eigenvalue weighted by Gasteiger charge is 2.14. The predicted octanol–water partition coefficient (Wildman–Crippen LogP) is 3.54. The van der Waals surface area contributed by atoms with Gasteiger partial charge in [-0.3, -0.25) is 25.3 Å². The van der Waals surface area contributed by atoms with Gasteiger partial charge in [0.25, 0.3) is 5.91 Å². The van der Waals surface area contributed by atoms with Crippen molar-refractivity contribution >= 4 is 23.2 Å². The molecule has 2 aromatic heterocycles. The third-order valence-electron chi connectivity index (χ3n) is 4.60. The SMILES string of the molecule is CCN(CC)Cc1ccc(C(=O)NNC(=O)c2cccc(OCc3csc(C)n3)c2)o1. The van der Waals surface area contributed by atoms with Crippen LogP contribution in [0.3, 0.4) is 0 Å². The maximum atomic E-state index is 12.4. The van der Waals surface area contributed by atoms with Gasteiger partial charge in [0.05, 0.1) is 17.2 Å². The van der Waals surface area contributed by atoms with Gasteiger partial charge in [0.1, 0.15) is 18.1 Å². The van der Waals surface area contributed by atoms with Crippen LogP contribution in [0.4, 0.5) is 0 Å². The van der Waals surface area contributed by atoms with Crippen LogP contribution in [0.25, 0.3) is 0 Å². The largest absolute Gasteiger partial charge is 0.487 e. The van der Waals surface area contributed by atoms with E-state index in [-0.39, 0.29) is 5.76 Å². The number of carbonyl (C=O) groups excluding carboxylic acids is 2. The summed E-state index contributed by atoms with van der Waals surface area (Å²) in [4.78, 5) is 31.2. The second kappa shape index (κ2) is 10.7. The summed E-state index contributed by atoms with van der Waals surface area (Å²) in [7, 11) is 0. The van der Waals surface area contributed by atoms with Gasteiger partial charge >= 0.3 is 5.91 Å². The van der Waals surface area contributed by atoms with Crippen molar-refractivity contribution in [2.24, 2.45) is 0 Å². The lowest BCUT2D eigenvalue weighted by Crippen LogP contribution is -2.41. The molecule has 0 spiro atoms. The summed E-state index contributed by atoms with van der Waals surface area (Å²) in [6.45, 7) is 8.79. The van der Waals surface area contributed by atoms with Gasteiger partial charge in [-0.2, -0.15) is 0 Å². The Morgan fingerprint density at radius 3 is 2.61 bits per heavy atom. The van der Waals surface area contributed by atoms with Crippen LogP contribution in [0.15, 0.2) is 46.2 Å². The molecule has 0 radical (unpaired) electrons. The van der Waals surface area contributed by atoms with Gasteiger partial charge in [-0.05, 0) is 50.3 Å². The topological polar surface area (TPSA) is 96.7 Å². The van der Waals surface area contributed by atoms with Gasteiger partial charge < -0.3 is 9.15 Å². The number of ether oxygens (including phenoxy) is 1. The van der Waals surface area contributed by atoms with Crippen molar-refractivity contribution in [2.45, 2.75) is 33.9 Å². The molecule has 0 atom stereocenters. The normalized spacial score (nSPS) is 10.8. The molecule has 0 saturated heterocycles. The zero-order valence-corrected chi connectivity index (χ0v) is 18.6. The van der Waals surface area contributed by atoms with Gasteiger partial charge in [0.15, 0.2) is 5.76 Å². The van der Waals surface area contributed by atoms with Gasteiger partial charge in [0.2, 0.25) is 0 Å². The Bertz CT molecular complexity index is 1030. The lowest BCUT2D eigenvalue weighted by atomic mass is 10.2. The number of benzene rings is 1. The van der Waals surface area contributed by atoms with E-state index in [4.69, 9.17) is 9.15 Å². The smallest absolute Gasteiger partial charge is 0.305 e. The minimum Gasteiger partial charge on any atom is -0.487 e. The van der Waals surface area contributed by atoms with Crippen LogP contribution < -0.4 is 15.6 Å². The third kappa shape index (κ3) is 6.40. The molecular weight excluding hydrogens is 416 g/mol. The summed E-state index contributed by atoms with van der Waals surface area (Å²) in [6.07, 6.45) is 0. The Balaban J connectivity index is 1.52. The summed E-state index contributed by atoms with van der Waals surface area (Å²) in [5.41, 5.74) is 5.97. The fourth-order valence-electron chi connectivity index (χ4n) is 2.86. The second-order valence-corrected chi connectivity index (χ2v) is 7.87. The zero-order chi connectivity index (χ0) is 22.2. The highest BCUT2D eigenvalue weighted by molar-refractivity contribution is 7.09. The van der Waals surface area contributed by atoms with E-state index in [2.05, 4.69) is 34.6 Å². The first kappa shape index (κ1) is 22.5. The summed E-state index contributed by atoms with van der Waals surface area (Å²) >= 11 is 1.56. The molecule has 8 nitrogen and oxygen atoms in total. The first-order valence-electron chi connectivity index (χ1n) is 10.0. The van der Waals surface area contributed by atoms with Crippen LogP contribution in [-0.4, -0.2) is 34.8 Å². The molecular formula is C22H26N4O4S. The molecule has 0 aliphatic carbocycles.